The molecule has 2 saturated carbocycles. The van der Waals surface area contributed by atoms with E-state index in [0.717, 1.165) is 29.2 Å². The average Bonchev–Trinajstić information content (AvgIpc) is 3.08. The van der Waals surface area contributed by atoms with Gasteiger partial charge in [-0.05, 0) is 73.1 Å². The summed E-state index contributed by atoms with van der Waals surface area (Å²) >= 11 is 1.65. The molecule has 1 aromatic heterocycles. The summed E-state index contributed by atoms with van der Waals surface area (Å²) in [7, 11) is 0. The molecule has 116 valence electrons. The van der Waals surface area contributed by atoms with Crippen LogP contribution in [0.5, 0.6) is 0 Å². The maximum absolute atomic E-state index is 12.4. The minimum Gasteiger partial charge on any atom is -0.455 e. The maximum Gasteiger partial charge on any atom is 0.306 e. The van der Waals surface area contributed by atoms with Crippen molar-refractivity contribution in [1.29, 1.82) is 0 Å². The molecule has 0 aliphatic heterocycles. The molecule has 1 aromatic rings. The largest absolute Gasteiger partial charge is 0.455 e. The van der Waals surface area contributed by atoms with Gasteiger partial charge >= 0.3 is 5.97 Å². The molecule has 2 aliphatic rings. The smallest absolute Gasteiger partial charge is 0.306 e. The summed E-state index contributed by atoms with van der Waals surface area (Å²) in [6.45, 7) is 8.71. The molecule has 21 heavy (non-hydrogen) atoms. The van der Waals surface area contributed by atoms with Crippen molar-refractivity contribution >= 4 is 17.3 Å². The lowest BCUT2D eigenvalue weighted by Gasteiger charge is -2.32. The first kappa shape index (κ1) is 15.1. The average molecular weight is 306 g/mol. The zero-order valence-corrected chi connectivity index (χ0v) is 14.3. The van der Waals surface area contributed by atoms with Crippen molar-refractivity contribution in [2.75, 3.05) is 0 Å². The fourth-order valence-corrected chi connectivity index (χ4v) is 5.35. The van der Waals surface area contributed by atoms with Gasteiger partial charge in [-0.2, -0.15) is 11.3 Å². The van der Waals surface area contributed by atoms with Gasteiger partial charge in [0.15, 0.2) is 0 Å². The van der Waals surface area contributed by atoms with Gasteiger partial charge in [-0.15, -0.1) is 0 Å². The molecule has 5 atom stereocenters. The van der Waals surface area contributed by atoms with Crippen molar-refractivity contribution in [2.45, 2.75) is 52.6 Å². The van der Waals surface area contributed by atoms with Crippen molar-refractivity contribution in [1.82, 2.24) is 0 Å². The Morgan fingerprint density at radius 2 is 2.10 bits per heavy atom. The monoisotopic (exact) mass is 306 g/mol. The maximum atomic E-state index is 12.4. The van der Waals surface area contributed by atoms with Crippen molar-refractivity contribution < 1.29 is 9.53 Å². The third-order valence-corrected chi connectivity index (χ3v) is 6.73. The summed E-state index contributed by atoms with van der Waals surface area (Å²) in [5, 5.41) is 4.10. The molecule has 2 aliphatic carbocycles. The lowest BCUT2D eigenvalue weighted by Crippen LogP contribution is -2.30. The summed E-state index contributed by atoms with van der Waals surface area (Å²) in [5.74, 6) is 3.71. The quantitative estimate of drug-likeness (QED) is 0.744. The van der Waals surface area contributed by atoms with E-state index in [1.54, 1.807) is 11.3 Å². The highest BCUT2D eigenvalue weighted by Crippen LogP contribution is 2.56. The van der Waals surface area contributed by atoms with E-state index in [1.807, 2.05) is 25.3 Å². The van der Waals surface area contributed by atoms with Crippen LogP contribution in [0.4, 0.5) is 0 Å². The summed E-state index contributed by atoms with van der Waals surface area (Å²) in [6.07, 6.45) is 3.16. The second-order valence-electron chi connectivity index (χ2n) is 7.57. The van der Waals surface area contributed by atoms with E-state index >= 15 is 0 Å². The summed E-state index contributed by atoms with van der Waals surface area (Å²) in [4.78, 5) is 12.4. The van der Waals surface area contributed by atoms with Gasteiger partial charge in [-0.1, -0.05) is 13.8 Å². The zero-order chi connectivity index (χ0) is 15.2. The van der Waals surface area contributed by atoms with Crippen LogP contribution in [0.1, 0.15) is 52.5 Å². The van der Waals surface area contributed by atoms with E-state index in [2.05, 4.69) is 19.2 Å². The van der Waals surface area contributed by atoms with Crippen LogP contribution in [0.3, 0.4) is 0 Å². The third-order valence-electron chi connectivity index (χ3n) is 6.05. The molecule has 0 spiro atoms. The summed E-state index contributed by atoms with van der Waals surface area (Å²) in [6, 6.07) is 2.04. The lowest BCUT2D eigenvalue weighted by molar-refractivity contribution is -0.159. The number of thiophene rings is 1. The molecule has 0 amide bonds. The Balaban J connectivity index is 1.58. The molecule has 2 bridgehead atoms. The predicted molar refractivity (Wildman–Crippen MR) is 86.1 cm³/mol. The van der Waals surface area contributed by atoms with Gasteiger partial charge in [-0.3, -0.25) is 4.79 Å². The first-order chi connectivity index (χ1) is 9.88. The van der Waals surface area contributed by atoms with Crippen LogP contribution in [0.25, 0.3) is 0 Å². The number of esters is 1. The fourth-order valence-electron chi connectivity index (χ4n) is 4.54. The topological polar surface area (TPSA) is 26.3 Å². The third kappa shape index (κ3) is 2.77. The van der Waals surface area contributed by atoms with Gasteiger partial charge in [0.2, 0.25) is 0 Å². The zero-order valence-electron chi connectivity index (χ0n) is 13.5. The molecule has 2 fully saturated rings. The van der Waals surface area contributed by atoms with Crippen molar-refractivity contribution in [3.63, 3.8) is 0 Å². The van der Waals surface area contributed by atoms with Crippen LogP contribution < -0.4 is 0 Å². The van der Waals surface area contributed by atoms with Crippen LogP contribution in [0, 0.1) is 29.6 Å². The number of fused-ring (bicyclic) bond motifs is 2. The predicted octanol–water partition coefficient (Wildman–Crippen LogP) is 4.84. The Hall–Kier alpha value is -0.830. The van der Waals surface area contributed by atoms with Gasteiger partial charge in [0.25, 0.3) is 0 Å². The molecule has 3 heteroatoms. The molecular weight excluding hydrogens is 280 g/mol. The Morgan fingerprint density at radius 1 is 1.33 bits per heavy atom. The highest BCUT2D eigenvalue weighted by atomic mass is 32.1. The van der Waals surface area contributed by atoms with E-state index < -0.39 is 5.60 Å². The molecule has 2 nitrogen and oxygen atoms in total. The highest BCUT2D eigenvalue weighted by Gasteiger charge is 2.49. The van der Waals surface area contributed by atoms with Gasteiger partial charge in [0.05, 0.1) is 0 Å². The van der Waals surface area contributed by atoms with Crippen molar-refractivity contribution in [2.24, 2.45) is 29.6 Å². The molecule has 5 unspecified atom stereocenters. The van der Waals surface area contributed by atoms with Gasteiger partial charge in [0.1, 0.15) is 5.60 Å². The highest BCUT2D eigenvalue weighted by molar-refractivity contribution is 7.08. The van der Waals surface area contributed by atoms with E-state index in [9.17, 15) is 4.79 Å². The van der Waals surface area contributed by atoms with Crippen LogP contribution in [0.2, 0.25) is 0 Å². The summed E-state index contributed by atoms with van der Waals surface area (Å²) < 4.78 is 5.78. The molecule has 0 radical (unpaired) electrons. The minimum absolute atomic E-state index is 0.0244. The Bertz CT molecular complexity index is 503. The number of carbonyl (C=O) groups is 1. The number of rotatable bonds is 4. The van der Waals surface area contributed by atoms with E-state index in [4.69, 9.17) is 4.74 Å². The molecule has 3 rings (SSSR count). The van der Waals surface area contributed by atoms with Crippen LogP contribution in [-0.4, -0.2) is 5.97 Å². The lowest BCUT2D eigenvalue weighted by atomic mass is 9.74. The van der Waals surface area contributed by atoms with Gasteiger partial charge in [-0.25, -0.2) is 0 Å². The second-order valence-corrected chi connectivity index (χ2v) is 8.35. The minimum atomic E-state index is -0.506. The van der Waals surface area contributed by atoms with Crippen LogP contribution >= 0.6 is 11.3 Å². The first-order valence-electron chi connectivity index (χ1n) is 8.13. The van der Waals surface area contributed by atoms with Gasteiger partial charge < -0.3 is 4.74 Å². The van der Waals surface area contributed by atoms with Gasteiger partial charge in [0, 0.05) is 12.0 Å². The standard InChI is InChI=1S/C18H26O2S/c1-11-12(2)16-8-13(11)7-14(16)9-17(19)20-18(3,4)15-5-6-21-10-15/h5-6,10-14,16H,7-9H2,1-4H3. The molecule has 0 N–H and O–H groups in total. The number of ether oxygens (including phenoxy) is 1. The number of carbonyl (C=O) groups excluding carboxylic acids is 1. The number of hydrogen-bond acceptors (Lipinski definition) is 3. The Kier molecular flexibility index (Phi) is 3.89. The summed E-state index contributed by atoms with van der Waals surface area (Å²) in [5.41, 5.74) is 0.587. The molecule has 1 heterocycles. The Labute approximate surface area is 131 Å². The Morgan fingerprint density at radius 3 is 2.67 bits per heavy atom. The first-order valence-corrected chi connectivity index (χ1v) is 9.07. The van der Waals surface area contributed by atoms with Crippen molar-refractivity contribution in [3.8, 4) is 0 Å². The van der Waals surface area contributed by atoms with E-state index in [-0.39, 0.29) is 5.97 Å². The fraction of sp³-hybridized carbons (Fsp3) is 0.722. The normalized spacial score (nSPS) is 35.1. The molecule has 0 saturated heterocycles. The number of hydrogen-bond donors (Lipinski definition) is 0. The SMILES string of the molecule is CC1C2CC(CC(=O)OC(C)(C)c3ccsc3)C(C2)C1C. The van der Waals surface area contributed by atoms with E-state index in [1.165, 1.54) is 12.8 Å². The molecule has 0 aromatic carbocycles. The van der Waals surface area contributed by atoms with Crippen LogP contribution in [0.15, 0.2) is 16.8 Å². The molecular formula is C18H26O2S. The van der Waals surface area contributed by atoms with Crippen LogP contribution in [-0.2, 0) is 15.1 Å². The second kappa shape index (κ2) is 5.42. The van der Waals surface area contributed by atoms with Crippen molar-refractivity contribution in [3.05, 3.63) is 22.4 Å². The van der Waals surface area contributed by atoms with E-state index in [0.29, 0.717) is 12.3 Å².